The largest absolute Gasteiger partial charge is 0.393 e. The zero-order valence-corrected chi connectivity index (χ0v) is 17.5. The Labute approximate surface area is 175 Å². The van der Waals surface area contributed by atoms with Crippen LogP contribution in [0.1, 0.15) is 43.2 Å². The van der Waals surface area contributed by atoms with Gasteiger partial charge in [0.2, 0.25) is 0 Å². The Morgan fingerprint density at radius 2 is 1.21 bits per heavy atom. The maximum absolute atomic E-state index is 9.65. The third-order valence-corrected chi connectivity index (χ3v) is 6.44. The maximum atomic E-state index is 9.65. The highest BCUT2D eigenvalue weighted by Crippen LogP contribution is 2.32. The maximum Gasteiger partial charge on any atom is 0.0564 e. The van der Waals surface area contributed by atoms with Crippen molar-refractivity contribution in [1.29, 1.82) is 0 Å². The van der Waals surface area contributed by atoms with E-state index in [0.29, 0.717) is 0 Å². The summed E-state index contributed by atoms with van der Waals surface area (Å²) < 4.78 is 0. The van der Waals surface area contributed by atoms with Crippen molar-refractivity contribution in [1.82, 2.24) is 9.80 Å². The first-order valence-corrected chi connectivity index (χ1v) is 11.3. The van der Waals surface area contributed by atoms with Crippen LogP contribution in [0.5, 0.6) is 0 Å². The van der Waals surface area contributed by atoms with E-state index in [4.69, 9.17) is 0 Å². The normalized spacial score (nSPS) is 19.4. The molecule has 29 heavy (non-hydrogen) atoms. The molecule has 2 fully saturated rings. The molecule has 0 atom stereocenters. The van der Waals surface area contributed by atoms with Crippen LogP contribution in [0.15, 0.2) is 66.2 Å². The van der Waals surface area contributed by atoms with Gasteiger partial charge in [-0.15, -0.1) is 0 Å². The number of nitrogens with zero attached hydrogens (tertiary/aromatic N) is 2. The number of rotatable bonds is 6. The minimum absolute atomic E-state index is 0.0676. The van der Waals surface area contributed by atoms with Gasteiger partial charge in [-0.1, -0.05) is 66.2 Å². The van der Waals surface area contributed by atoms with E-state index in [2.05, 4.69) is 70.5 Å². The molecule has 3 heteroatoms. The third kappa shape index (κ3) is 5.57. The van der Waals surface area contributed by atoms with Crippen LogP contribution in [0, 0.1) is 0 Å². The van der Waals surface area contributed by atoms with E-state index in [0.717, 1.165) is 51.9 Å². The summed E-state index contributed by atoms with van der Waals surface area (Å²) in [5.74, 6) is 0. The van der Waals surface area contributed by atoms with Crippen molar-refractivity contribution in [2.45, 2.75) is 38.2 Å². The number of likely N-dealkylation sites (tertiary alicyclic amines) is 2. The Kier molecular flexibility index (Phi) is 7.15. The quantitative estimate of drug-likeness (QED) is 0.790. The Morgan fingerprint density at radius 1 is 0.724 bits per heavy atom. The van der Waals surface area contributed by atoms with Gasteiger partial charge >= 0.3 is 0 Å². The van der Waals surface area contributed by atoms with E-state index in [9.17, 15) is 5.11 Å². The predicted octanol–water partition coefficient (Wildman–Crippen LogP) is 4.43. The van der Waals surface area contributed by atoms with Gasteiger partial charge in [0.15, 0.2) is 0 Å². The summed E-state index contributed by atoms with van der Waals surface area (Å²) >= 11 is 0. The predicted molar refractivity (Wildman–Crippen MR) is 121 cm³/mol. The summed E-state index contributed by atoms with van der Waals surface area (Å²) in [6.45, 7) is 6.81. The molecule has 0 spiro atoms. The number of hydrogen-bond acceptors (Lipinski definition) is 3. The Morgan fingerprint density at radius 3 is 1.72 bits per heavy atom. The molecule has 0 amide bonds. The molecular weight excluding hydrogens is 356 g/mol. The molecule has 0 saturated carbocycles. The minimum Gasteiger partial charge on any atom is -0.393 e. The summed E-state index contributed by atoms with van der Waals surface area (Å²) in [5.41, 5.74) is 5.73. The zero-order valence-electron chi connectivity index (χ0n) is 17.5. The molecule has 0 radical (unpaired) electrons. The van der Waals surface area contributed by atoms with E-state index in [-0.39, 0.29) is 6.10 Å². The SMILES string of the molecule is OC1CCN(CCCN2CCC(=C(c3ccccc3)c3ccccc3)CC2)CC1. The summed E-state index contributed by atoms with van der Waals surface area (Å²) in [5, 5.41) is 9.65. The van der Waals surface area contributed by atoms with Gasteiger partial charge in [-0.05, 0) is 61.9 Å². The van der Waals surface area contributed by atoms with Crippen LogP contribution in [0.25, 0.3) is 5.57 Å². The number of aliphatic hydroxyl groups excluding tert-OH is 1. The van der Waals surface area contributed by atoms with Crippen LogP contribution in [0.3, 0.4) is 0 Å². The molecule has 2 aliphatic heterocycles. The summed E-state index contributed by atoms with van der Waals surface area (Å²) in [6.07, 6.45) is 5.38. The molecule has 2 aliphatic rings. The first kappa shape index (κ1) is 20.3. The molecule has 0 unspecified atom stereocenters. The lowest BCUT2D eigenvalue weighted by molar-refractivity contribution is 0.0801. The van der Waals surface area contributed by atoms with Crippen molar-refractivity contribution in [2.75, 3.05) is 39.3 Å². The van der Waals surface area contributed by atoms with Gasteiger partial charge in [0.1, 0.15) is 0 Å². The fourth-order valence-electron chi connectivity index (χ4n) is 4.74. The van der Waals surface area contributed by atoms with Crippen molar-refractivity contribution in [3.8, 4) is 0 Å². The van der Waals surface area contributed by atoms with Crippen LogP contribution in [-0.2, 0) is 0 Å². The van der Waals surface area contributed by atoms with E-state index in [1.807, 2.05) is 0 Å². The van der Waals surface area contributed by atoms with Crippen molar-refractivity contribution >= 4 is 5.57 Å². The molecule has 3 nitrogen and oxygen atoms in total. The molecule has 0 aromatic heterocycles. The van der Waals surface area contributed by atoms with Crippen molar-refractivity contribution in [2.24, 2.45) is 0 Å². The Bertz CT molecular complexity index is 727. The highest BCUT2D eigenvalue weighted by atomic mass is 16.3. The molecular formula is C26H34N2O. The van der Waals surface area contributed by atoms with E-state index < -0.39 is 0 Å². The monoisotopic (exact) mass is 390 g/mol. The molecule has 2 heterocycles. The number of piperidine rings is 2. The number of aliphatic hydroxyl groups is 1. The van der Waals surface area contributed by atoms with E-state index >= 15 is 0 Å². The van der Waals surface area contributed by atoms with E-state index in [1.54, 1.807) is 5.57 Å². The Balaban J connectivity index is 1.35. The first-order valence-electron chi connectivity index (χ1n) is 11.3. The van der Waals surface area contributed by atoms with Crippen LogP contribution in [0.2, 0.25) is 0 Å². The van der Waals surface area contributed by atoms with Gasteiger partial charge in [-0.2, -0.15) is 0 Å². The summed E-state index contributed by atoms with van der Waals surface area (Å²) in [7, 11) is 0. The van der Waals surface area contributed by atoms with Crippen molar-refractivity contribution < 1.29 is 5.11 Å². The second-order valence-corrected chi connectivity index (χ2v) is 8.48. The first-order chi connectivity index (χ1) is 14.3. The number of benzene rings is 2. The van der Waals surface area contributed by atoms with E-state index in [1.165, 1.54) is 36.2 Å². The molecule has 2 aromatic carbocycles. The van der Waals surface area contributed by atoms with Crippen LogP contribution >= 0.6 is 0 Å². The molecule has 2 saturated heterocycles. The molecule has 0 aliphatic carbocycles. The second-order valence-electron chi connectivity index (χ2n) is 8.48. The summed E-state index contributed by atoms with van der Waals surface area (Å²) in [6, 6.07) is 21.8. The lowest BCUT2D eigenvalue weighted by atomic mass is 9.88. The number of hydrogen-bond donors (Lipinski definition) is 1. The second kappa shape index (κ2) is 10.2. The van der Waals surface area contributed by atoms with Crippen LogP contribution < -0.4 is 0 Å². The van der Waals surface area contributed by atoms with Crippen LogP contribution in [0.4, 0.5) is 0 Å². The van der Waals surface area contributed by atoms with Gasteiger partial charge < -0.3 is 14.9 Å². The molecule has 0 bridgehead atoms. The molecule has 1 N–H and O–H groups in total. The van der Waals surface area contributed by atoms with Gasteiger partial charge in [0.25, 0.3) is 0 Å². The standard InChI is InChI=1S/C26H34N2O/c29-25-14-20-28(21-15-25)17-7-16-27-18-12-24(13-19-27)26(22-8-3-1-4-9-22)23-10-5-2-6-11-23/h1-6,8-11,25,29H,7,12-21H2. The summed E-state index contributed by atoms with van der Waals surface area (Å²) in [4.78, 5) is 5.15. The lowest BCUT2D eigenvalue weighted by Gasteiger charge is -2.32. The van der Waals surface area contributed by atoms with Gasteiger partial charge in [-0.25, -0.2) is 0 Å². The van der Waals surface area contributed by atoms with Crippen LogP contribution in [-0.4, -0.2) is 60.3 Å². The molecule has 2 aromatic rings. The van der Waals surface area contributed by atoms with Crippen molar-refractivity contribution in [3.63, 3.8) is 0 Å². The highest BCUT2D eigenvalue weighted by molar-refractivity contribution is 5.82. The van der Waals surface area contributed by atoms with Gasteiger partial charge in [0, 0.05) is 26.2 Å². The average Bonchev–Trinajstić information content (AvgIpc) is 2.78. The average molecular weight is 391 g/mol. The van der Waals surface area contributed by atoms with Crippen molar-refractivity contribution in [3.05, 3.63) is 77.4 Å². The van der Waals surface area contributed by atoms with Gasteiger partial charge in [-0.3, -0.25) is 0 Å². The Hall–Kier alpha value is -1.94. The minimum atomic E-state index is -0.0676. The van der Waals surface area contributed by atoms with Gasteiger partial charge in [0.05, 0.1) is 6.10 Å². The topological polar surface area (TPSA) is 26.7 Å². The fourth-order valence-corrected chi connectivity index (χ4v) is 4.74. The lowest BCUT2D eigenvalue weighted by Crippen LogP contribution is -2.38. The zero-order chi connectivity index (χ0) is 19.9. The molecule has 154 valence electrons. The third-order valence-electron chi connectivity index (χ3n) is 6.44. The highest BCUT2D eigenvalue weighted by Gasteiger charge is 2.20. The smallest absolute Gasteiger partial charge is 0.0564 e. The molecule has 4 rings (SSSR count). The fraction of sp³-hybridized carbons (Fsp3) is 0.462.